The van der Waals surface area contributed by atoms with E-state index >= 15 is 0 Å². The Labute approximate surface area is 93.3 Å². The lowest BCUT2D eigenvalue weighted by molar-refractivity contribution is 0.298. The van der Waals surface area contributed by atoms with E-state index in [4.69, 9.17) is 5.73 Å². The van der Waals surface area contributed by atoms with Crippen LogP contribution in [0.1, 0.15) is 33.1 Å². The summed E-state index contributed by atoms with van der Waals surface area (Å²) in [6.45, 7) is 5.01. The smallest absolute Gasteiger partial charge is 0.150 e. The van der Waals surface area contributed by atoms with E-state index in [1.54, 1.807) is 0 Å². The van der Waals surface area contributed by atoms with Gasteiger partial charge in [-0.05, 0) is 37.1 Å². The Morgan fingerprint density at radius 1 is 1.47 bits per heavy atom. The van der Waals surface area contributed by atoms with Crippen molar-refractivity contribution in [3.8, 4) is 0 Å². The molecule has 15 heavy (non-hydrogen) atoms. The molecule has 1 heterocycles. The predicted octanol–water partition coefficient (Wildman–Crippen LogP) is 1.43. The maximum Gasteiger partial charge on any atom is 0.150 e. The lowest BCUT2D eigenvalue weighted by atomic mass is 9.84. The van der Waals surface area contributed by atoms with Gasteiger partial charge in [-0.3, -0.25) is 0 Å². The second-order valence-corrected chi connectivity index (χ2v) is 7.14. The van der Waals surface area contributed by atoms with Gasteiger partial charge in [0.1, 0.15) is 0 Å². The van der Waals surface area contributed by atoms with E-state index in [-0.39, 0.29) is 0 Å². The molecule has 0 bridgehead atoms. The normalized spacial score (nSPS) is 28.9. The lowest BCUT2D eigenvalue weighted by Crippen LogP contribution is -2.26. The van der Waals surface area contributed by atoms with Crippen LogP contribution in [0.5, 0.6) is 0 Å². The molecule has 0 spiro atoms. The van der Waals surface area contributed by atoms with Crippen molar-refractivity contribution in [3.63, 3.8) is 0 Å². The highest BCUT2D eigenvalue weighted by Crippen LogP contribution is 2.30. The van der Waals surface area contributed by atoms with E-state index in [0.717, 1.165) is 19.3 Å². The number of nitrogens with two attached hydrogens (primary N) is 1. The molecule has 1 aliphatic rings. The Bertz CT molecular complexity index is 287. The van der Waals surface area contributed by atoms with E-state index in [2.05, 4.69) is 13.8 Å². The van der Waals surface area contributed by atoms with E-state index in [0.29, 0.717) is 35.8 Å². The van der Waals surface area contributed by atoms with Crippen LogP contribution in [0.2, 0.25) is 0 Å². The van der Waals surface area contributed by atoms with Crippen LogP contribution < -0.4 is 5.73 Å². The van der Waals surface area contributed by atoms with Crippen LogP contribution in [0, 0.1) is 17.8 Å². The highest BCUT2D eigenvalue weighted by atomic mass is 32.2. The average Bonchev–Trinajstić information content (AvgIpc) is 2.54. The molecule has 0 radical (unpaired) electrons. The number of sulfone groups is 1. The van der Waals surface area contributed by atoms with Crippen molar-refractivity contribution in [1.82, 2.24) is 0 Å². The fraction of sp³-hybridized carbons (Fsp3) is 1.00. The molecular weight excluding hydrogens is 210 g/mol. The van der Waals surface area contributed by atoms with Crippen LogP contribution in [0.3, 0.4) is 0 Å². The first-order valence-corrected chi connectivity index (χ1v) is 7.71. The van der Waals surface area contributed by atoms with Crippen LogP contribution in [0.25, 0.3) is 0 Å². The maximum absolute atomic E-state index is 11.4. The van der Waals surface area contributed by atoms with Crippen LogP contribution in [-0.2, 0) is 9.84 Å². The maximum atomic E-state index is 11.4. The molecule has 1 rings (SSSR count). The van der Waals surface area contributed by atoms with Gasteiger partial charge in [-0.15, -0.1) is 0 Å². The highest BCUT2D eigenvalue weighted by Gasteiger charge is 2.33. The zero-order chi connectivity index (χ0) is 11.5. The Kier molecular flexibility index (Phi) is 4.59. The first-order chi connectivity index (χ1) is 6.98. The third-order valence-corrected chi connectivity index (χ3v) is 5.43. The molecule has 3 nitrogen and oxygen atoms in total. The summed E-state index contributed by atoms with van der Waals surface area (Å²) in [5.74, 6) is 2.10. The van der Waals surface area contributed by atoms with Crippen LogP contribution in [0.4, 0.5) is 0 Å². The van der Waals surface area contributed by atoms with Crippen LogP contribution >= 0.6 is 0 Å². The molecule has 0 amide bonds. The van der Waals surface area contributed by atoms with Crippen molar-refractivity contribution in [2.45, 2.75) is 33.1 Å². The first kappa shape index (κ1) is 13.0. The lowest BCUT2D eigenvalue weighted by Gasteiger charge is -2.23. The van der Waals surface area contributed by atoms with Gasteiger partial charge in [0.2, 0.25) is 0 Å². The Morgan fingerprint density at radius 2 is 2.13 bits per heavy atom. The summed E-state index contributed by atoms with van der Waals surface area (Å²) in [6, 6.07) is 0. The van der Waals surface area contributed by atoms with Gasteiger partial charge in [0.05, 0.1) is 11.5 Å². The molecule has 1 fully saturated rings. The van der Waals surface area contributed by atoms with Crippen molar-refractivity contribution in [2.75, 3.05) is 18.1 Å². The predicted molar refractivity (Wildman–Crippen MR) is 63.4 cm³/mol. The van der Waals surface area contributed by atoms with E-state index in [1.807, 2.05) is 0 Å². The summed E-state index contributed by atoms with van der Waals surface area (Å²) in [7, 11) is -2.75. The number of rotatable bonds is 5. The third kappa shape index (κ3) is 3.76. The molecule has 4 heteroatoms. The Morgan fingerprint density at radius 3 is 2.53 bits per heavy atom. The molecule has 3 atom stereocenters. The third-order valence-electron chi connectivity index (χ3n) is 3.64. The van der Waals surface area contributed by atoms with Crippen molar-refractivity contribution >= 4 is 9.84 Å². The Balaban J connectivity index is 2.53. The fourth-order valence-electron chi connectivity index (χ4n) is 2.36. The molecule has 2 N–H and O–H groups in total. The van der Waals surface area contributed by atoms with E-state index < -0.39 is 9.84 Å². The highest BCUT2D eigenvalue weighted by molar-refractivity contribution is 7.91. The topological polar surface area (TPSA) is 60.2 Å². The van der Waals surface area contributed by atoms with Crippen LogP contribution in [0.15, 0.2) is 0 Å². The largest absolute Gasteiger partial charge is 0.330 e. The molecular formula is C11H23NO2S. The van der Waals surface area contributed by atoms with Crippen molar-refractivity contribution in [3.05, 3.63) is 0 Å². The van der Waals surface area contributed by atoms with Crippen molar-refractivity contribution in [2.24, 2.45) is 23.5 Å². The monoisotopic (exact) mass is 233 g/mol. The summed E-state index contributed by atoms with van der Waals surface area (Å²) < 4.78 is 22.8. The van der Waals surface area contributed by atoms with E-state index in [1.165, 1.54) is 0 Å². The summed E-state index contributed by atoms with van der Waals surface area (Å²) in [5.41, 5.74) is 5.75. The van der Waals surface area contributed by atoms with Crippen LogP contribution in [-0.4, -0.2) is 26.5 Å². The average molecular weight is 233 g/mol. The molecule has 0 saturated carbocycles. The van der Waals surface area contributed by atoms with Gasteiger partial charge in [0, 0.05) is 0 Å². The zero-order valence-electron chi connectivity index (χ0n) is 9.78. The van der Waals surface area contributed by atoms with E-state index in [9.17, 15) is 8.42 Å². The minimum Gasteiger partial charge on any atom is -0.330 e. The number of hydrogen-bond donors (Lipinski definition) is 1. The molecule has 0 aliphatic carbocycles. The van der Waals surface area contributed by atoms with Gasteiger partial charge in [-0.2, -0.15) is 0 Å². The molecule has 0 aromatic heterocycles. The zero-order valence-corrected chi connectivity index (χ0v) is 10.6. The molecule has 1 aliphatic heterocycles. The quantitative estimate of drug-likeness (QED) is 0.781. The van der Waals surface area contributed by atoms with Gasteiger partial charge in [-0.1, -0.05) is 20.3 Å². The fourth-order valence-corrected chi connectivity index (χ4v) is 4.28. The first-order valence-electron chi connectivity index (χ1n) is 5.89. The molecule has 0 aromatic carbocycles. The van der Waals surface area contributed by atoms with Crippen molar-refractivity contribution < 1.29 is 8.42 Å². The second-order valence-electron chi connectivity index (χ2n) is 4.91. The van der Waals surface area contributed by atoms with Gasteiger partial charge < -0.3 is 5.73 Å². The minimum absolute atomic E-state index is 0.314. The molecule has 3 unspecified atom stereocenters. The Hall–Kier alpha value is -0.0900. The van der Waals surface area contributed by atoms with Gasteiger partial charge in [-0.25, -0.2) is 8.42 Å². The summed E-state index contributed by atoms with van der Waals surface area (Å²) in [6.07, 6.45) is 3.05. The summed E-state index contributed by atoms with van der Waals surface area (Å²) >= 11 is 0. The van der Waals surface area contributed by atoms with Gasteiger partial charge in [0.15, 0.2) is 9.84 Å². The summed E-state index contributed by atoms with van der Waals surface area (Å²) in [4.78, 5) is 0. The second kappa shape index (κ2) is 5.30. The minimum atomic E-state index is -2.75. The SMILES string of the molecule is CCC(C)CC(CN)C1CCS(=O)(=O)C1. The molecule has 0 aromatic rings. The molecule has 1 saturated heterocycles. The van der Waals surface area contributed by atoms with Gasteiger partial charge in [0.25, 0.3) is 0 Å². The standard InChI is InChI=1S/C11H23NO2S/c1-3-9(2)6-11(7-12)10-4-5-15(13,14)8-10/h9-11H,3-8,12H2,1-2H3. The van der Waals surface area contributed by atoms with Crippen molar-refractivity contribution in [1.29, 1.82) is 0 Å². The van der Waals surface area contributed by atoms with Gasteiger partial charge >= 0.3 is 0 Å². The number of hydrogen-bond acceptors (Lipinski definition) is 3. The molecule has 90 valence electrons. The summed E-state index contributed by atoms with van der Waals surface area (Å²) in [5, 5.41) is 0.